The van der Waals surface area contributed by atoms with E-state index in [-0.39, 0.29) is 0 Å². The number of rotatable bonds is 6. The Hall–Kier alpha value is 0.140. The molecular weight excluding hydrogens is 206 g/mol. The van der Waals surface area contributed by atoms with Crippen molar-refractivity contribution < 1.29 is 4.74 Å². The molecule has 2 nitrogen and oxygen atoms in total. The molecule has 0 atom stereocenters. The van der Waals surface area contributed by atoms with Gasteiger partial charge in [-0.2, -0.15) is 0 Å². The lowest BCUT2D eigenvalue weighted by atomic mass is 10.4. The molecular formula is C8H16BrNO. The second-order valence-corrected chi connectivity index (χ2v) is 3.80. The van der Waals surface area contributed by atoms with Gasteiger partial charge in [0.05, 0.1) is 13.2 Å². The summed E-state index contributed by atoms with van der Waals surface area (Å²) in [6, 6.07) is 0.533. The molecule has 0 amide bonds. The Bertz CT molecular complexity index is 115. The highest BCUT2D eigenvalue weighted by atomic mass is 79.9. The van der Waals surface area contributed by atoms with Crippen molar-refractivity contribution in [1.82, 2.24) is 5.32 Å². The van der Waals surface area contributed by atoms with Crippen LogP contribution in [0.2, 0.25) is 0 Å². The monoisotopic (exact) mass is 221 g/mol. The molecule has 0 radical (unpaired) electrons. The minimum absolute atomic E-state index is 0.533. The number of halogens is 1. The number of hydrogen-bond donors (Lipinski definition) is 1. The van der Waals surface area contributed by atoms with Gasteiger partial charge in [-0.3, -0.25) is 0 Å². The highest BCUT2D eigenvalue weighted by Crippen LogP contribution is 1.99. The Kier molecular flexibility index (Phi) is 6.91. The zero-order chi connectivity index (χ0) is 8.69. The zero-order valence-corrected chi connectivity index (χ0v) is 8.78. The highest BCUT2D eigenvalue weighted by Gasteiger charge is 1.91. The first-order chi connectivity index (χ1) is 5.13. The lowest BCUT2D eigenvalue weighted by Gasteiger charge is -2.07. The van der Waals surface area contributed by atoms with Crippen LogP contribution in [0, 0.1) is 0 Å². The minimum Gasteiger partial charge on any atom is -0.375 e. The van der Waals surface area contributed by atoms with Crippen LogP contribution in [0.5, 0.6) is 0 Å². The van der Waals surface area contributed by atoms with Crippen molar-refractivity contribution in [3.05, 3.63) is 11.1 Å². The first-order valence-electron chi connectivity index (χ1n) is 3.77. The quantitative estimate of drug-likeness (QED) is 0.693. The average Bonchev–Trinajstić information content (AvgIpc) is 1.85. The molecule has 11 heavy (non-hydrogen) atoms. The van der Waals surface area contributed by atoms with E-state index in [2.05, 4.69) is 41.7 Å². The molecule has 0 aromatic heterocycles. The van der Waals surface area contributed by atoms with Crippen molar-refractivity contribution >= 4 is 15.9 Å². The number of ether oxygens (including phenoxy) is 1. The maximum absolute atomic E-state index is 5.24. The predicted octanol–water partition coefficient (Wildman–Crippen LogP) is 1.91. The second-order valence-electron chi connectivity index (χ2n) is 2.68. The summed E-state index contributed by atoms with van der Waals surface area (Å²) < 4.78 is 6.13. The fourth-order valence-corrected chi connectivity index (χ4v) is 0.765. The molecule has 0 aromatic rings. The van der Waals surface area contributed by atoms with Gasteiger partial charge in [-0.15, -0.1) is 0 Å². The van der Waals surface area contributed by atoms with Crippen molar-refractivity contribution in [2.24, 2.45) is 0 Å². The molecule has 0 spiro atoms. The SMILES string of the molecule is C=C(Br)COCCNC(C)C. The standard InChI is InChI=1S/C8H16BrNO/c1-7(2)10-4-5-11-6-8(3)9/h7,10H,3-6H2,1-2H3. The molecule has 3 heteroatoms. The number of hydrogen-bond acceptors (Lipinski definition) is 2. The van der Waals surface area contributed by atoms with Crippen LogP contribution in [0.15, 0.2) is 11.1 Å². The molecule has 0 heterocycles. The lowest BCUT2D eigenvalue weighted by molar-refractivity contribution is 0.161. The normalized spacial score (nSPS) is 10.5. The van der Waals surface area contributed by atoms with Gasteiger partial charge in [-0.1, -0.05) is 36.4 Å². The van der Waals surface area contributed by atoms with E-state index < -0.39 is 0 Å². The van der Waals surface area contributed by atoms with Crippen molar-refractivity contribution in [3.8, 4) is 0 Å². The summed E-state index contributed by atoms with van der Waals surface area (Å²) in [5.41, 5.74) is 0. The van der Waals surface area contributed by atoms with Crippen molar-refractivity contribution in [3.63, 3.8) is 0 Å². The van der Waals surface area contributed by atoms with E-state index in [1.54, 1.807) is 0 Å². The Morgan fingerprint density at radius 3 is 2.73 bits per heavy atom. The molecule has 0 saturated carbocycles. The van der Waals surface area contributed by atoms with Crippen LogP contribution in [-0.2, 0) is 4.74 Å². The molecule has 0 aliphatic heterocycles. The molecule has 0 saturated heterocycles. The summed E-state index contributed by atoms with van der Waals surface area (Å²) in [5, 5.41) is 3.25. The lowest BCUT2D eigenvalue weighted by Crippen LogP contribution is -2.26. The van der Waals surface area contributed by atoms with Gasteiger partial charge in [0.15, 0.2) is 0 Å². The molecule has 0 aliphatic rings. The third-order valence-corrected chi connectivity index (χ3v) is 1.29. The van der Waals surface area contributed by atoms with E-state index in [4.69, 9.17) is 4.74 Å². The summed E-state index contributed by atoms with van der Waals surface area (Å²) in [7, 11) is 0. The van der Waals surface area contributed by atoms with E-state index in [1.807, 2.05) is 0 Å². The molecule has 0 unspecified atom stereocenters. The highest BCUT2D eigenvalue weighted by molar-refractivity contribution is 9.11. The van der Waals surface area contributed by atoms with Crippen molar-refractivity contribution in [1.29, 1.82) is 0 Å². The van der Waals surface area contributed by atoms with E-state index in [9.17, 15) is 0 Å². The minimum atomic E-state index is 0.533. The summed E-state index contributed by atoms with van der Waals surface area (Å²) in [5.74, 6) is 0. The van der Waals surface area contributed by atoms with Gasteiger partial charge in [0.1, 0.15) is 0 Å². The van der Waals surface area contributed by atoms with Crippen LogP contribution >= 0.6 is 15.9 Å². The van der Waals surface area contributed by atoms with Gasteiger partial charge in [0.25, 0.3) is 0 Å². The van der Waals surface area contributed by atoms with Crippen LogP contribution in [0.1, 0.15) is 13.8 Å². The first-order valence-corrected chi connectivity index (χ1v) is 4.56. The van der Waals surface area contributed by atoms with Gasteiger partial charge in [0, 0.05) is 17.1 Å². The molecule has 66 valence electrons. The van der Waals surface area contributed by atoms with Crippen LogP contribution in [0.4, 0.5) is 0 Å². The summed E-state index contributed by atoms with van der Waals surface area (Å²) in [6.07, 6.45) is 0. The first kappa shape index (κ1) is 11.1. The third-order valence-electron chi connectivity index (χ3n) is 1.06. The van der Waals surface area contributed by atoms with Crippen LogP contribution in [0.25, 0.3) is 0 Å². The van der Waals surface area contributed by atoms with Crippen LogP contribution < -0.4 is 5.32 Å². The Labute approximate surface area is 77.1 Å². The van der Waals surface area contributed by atoms with Crippen molar-refractivity contribution in [2.75, 3.05) is 19.8 Å². The maximum Gasteiger partial charge on any atom is 0.0776 e. The molecule has 0 aromatic carbocycles. The van der Waals surface area contributed by atoms with Crippen LogP contribution in [0.3, 0.4) is 0 Å². The fraction of sp³-hybridized carbons (Fsp3) is 0.750. The zero-order valence-electron chi connectivity index (χ0n) is 7.19. The molecule has 0 rings (SSSR count). The van der Waals surface area contributed by atoms with Gasteiger partial charge in [-0.25, -0.2) is 0 Å². The van der Waals surface area contributed by atoms with Gasteiger partial charge >= 0.3 is 0 Å². The topological polar surface area (TPSA) is 21.3 Å². The second kappa shape index (κ2) is 6.83. The molecule has 0 aliphatic carbocycles. The summed E-state index contributed by atoms with van der Waals surface area (Å²) in [4.78, 5) is 0. The third kappa shape index (κ3) is 10.1. The Morgan fingerprint density at radius 2 is 2.27 bits per heavy atom. The van der Waals surface area contributed by atoms with Crippen LogP contribution in [-0.4, -0.2) is 25.8 Å². The van der Waals surface area contributed by atoms with Crippen molar-refractivity contribution in [2.45, 2.75) is 19.9 Å². The predicted molar refractivity (Wildman–Crippen MR) is 52.0 cm³/mol. The maximum atomic E-state index is 5.24. The average molecular weight is 222 g/mol. The molecule has 1 N–H and O–H groups in total. The summed E-state index contributed by atoms with van der Waals surface area (Å²) >= 11 is 3.22. The van der Waals surface area contributed by atoms with E-state index in [0.717, 1.165) is 17.6 Å². The smallest absolute Gasteiger partial charge is 0.0776 e. The van der Waals surface area contributed by atoms with Gasteiger partial charge < -0.3 is 10.1 Å². The fourth-order valence-electron chi connectivity index (χ4n) is 0.603. The molecule has 0 bridgehead atoms. The summed E-state index contributed by atoms with van der Waals surface area (Å²) in [6.45, 7) is 10.1. The van der Waals surface area contributed by atoms with Gasteiger partial charge in [-0.05, 0) is 0 Å². The van der Waals surface area contributed by atoms with Gasteiger partial charge in [0.2, 0.25) is 0 Å². The Balaban J connectivity index is 2.97. The van der Waals surface area contributed by atoms with E-state index in [0.29, 0.717) is 12.6 Å². The van der Waals surface area contributed by atoms with E-state index in [1.165, 1.54) is 0 Å². The molecule has 0 fully saturated rings. The van der Waals surface area contributed by atoms with E-state index >= 15 is 0 Å². The number of nitrogens with one attached hydrogen (secondary N) is 1. The largest absolute Gasteiger partial charge is 0.375 e. The Morgan fingerprint density at radius 1 is 1.64 bits per heavy atom.